The molecule has 0 atom stereocenters. The van der Waals surface area contributed by atoms with Gasteiger partial charge in [-0.15, -0.1) is 0 Å². The summed E-state index contributed by atoms with van der Waals surface area (Å²) in [4.78, 5) is 24.4. The maximum atomic E-state index is 12.2. The van der Waals surface area contributed by atoms with Crippen LogP contribution in [0.25, 0.3) is 10.8 Å². The van der Waals surface area contributed by atoms with Crippen molar-refractivity contribution < 1.29 is 19.4 Å². The van der Waals surface area contributed by atoms with Gasteiger partial charge in [0.2, 0.25) is 5.91 Å². The number of fused-ring (bicyclic) bond motifs is 1. The number of hydrogen-bond donors (Lipinski definition) is 1. The largest absolute Gasteiger partial charge is 0.480 e. The lowest BCUT2D eigenvalue weighted by Gasteiger charge is -2.20. The average molecular weight is 329 g/mol. The molecule has 1 amide bonds. The van der Waals surface area contributed by atoms with Gasteiger partial charge in [0, 0.05) is 20.1 Å². The Bertz CT molecular complexity index is 699. The van der Waals surface area contributed by atoms with Crippen LogP contribution in [0.5, 0.6) is 0 Å². The van der Waals surface area contributed by atoms with Crippen LogP contribution in [0.15, 0.2) is 42.5 Å². The maximum absolute atomic E-state index is 12.2. The first-order valence-electron chi connectivity index (χ1n) is 8.06. The Kier molecular flexibility index (Phi) is 6.75. The first-order valence-corrected chi connectivity index (χ1v) is 8.06. The smallest absolute Gasteiger partial charge is 0.323 e. The number of carbonyl (C=O) groups excluding carboxylic acids is 1. The maximum Gasteiger partial charge on any atom is 0.323 e. The number of aliphatic carboxylic acids is 1. The molecule has 1 N–H and O–H groups in total. The van der Waals surface area contributed by atoms with Crippen molar-refractivity contribution in [2.24, 2.45) is 0 Å². The average Bonchev–Trinajstić information content (AvgIpc) is 2.58. The summed E-state index contributed by atoms with van der Waals surface area (Å²) in [5.74, 6) is -1.15. The summed E-state index contributed by atoms with van der Waals surface area (Å²) in [6.07, 6.45) is 1.83. The lowest BCUT2D eigenvalue weighted by Crippen LogP contribution is -2.37. The summed E-state index contributed by atoms with van der Waals surface area (Å²) in [6, 6.07) is 14.5. The number of hydrogen-bond acceptors (Lipinski definition) is 3. The highest BCUT2D eigenvalue weighted by Crippen LogP contribution is 2.17. The Morgan fingerprint density at radius 3 is 2.58 bits per heavy atom. The molecule has 0 saturated heterocycles. The monoisotopic (exact) mass is 329 g/mol. The van der Waals surface area contributed by atoms with Crippen LogP contribution in [0.3, 0.4) is 0 Å². The molecule has 5 nitrogen and oxygen atoms in total. The van der Waals surface area contributed by atoms with Gasteiger partial charge in [0.15, 0.2) is 0 Å². The third kappa shape index (κ3) is 5.35. The van der Waals surface area contributed by atoms with Gasteiger partial charge < -0.3 is 14.7 Å². The summed E-state index contributed by atoms with van der Waals surface area (Å²) in [6.45, 7) is 0.361. The van der Waals surface area contributed by atoms with Gasteiger partial charge in [-0.3, -0.25) is 9.59 Å². The van der Waals surface area contributed by atoms with Crippen LogP contribution in [0, 0.1) is 0 Å². The van der Waals surface area contributed by atoms with E-state index in [1.807, 2.05) is 12.1 Å². The minimum absolute atomic E-state index is 0.143. The highest BCUT2D eigenvalue weighted by Gasteiger charge is 2.16. The molecule has 24 heavy (non-hydrogen) atoms. The minimum atomic E-state index is -1.01. The van der Waals surface area contributed by atoms with E-state index in [0.717, 1.165) is 6.42 Å². The fraction of sp³-hybridized carbons (Fsp3) is 0.368. The zero-order chi connectivity index (χ0) is 17.4. The number of carboxylic acids is 1. The highest BCUT2D eigenvalue weighted by atomic mass is 16.5. The van der Waals surface area contributed by atoms with Crippen molar-refractivity contribution >= 4 is 22.6 Å². The number of carbonyl (C=O) groups is 2. The Balaban J connectivity index is 1.88. The van der Waals surface area contributed by atoms with Crippen molar-refractivity contribution in [3.63, 3.8) is 0 Å². The minimum Gasteiger partial charge on any atom is -0.480 e. The Morgan fingerprint density at radius 1 is 1.12 bits per heavy atom. The van der Waals surface area contributed by atoms with Crippen molar-refractivity contribution in [3.05, 3.63) is 48.0 Å². The van der Waals surface area contributed by atoms with E-state index in [9.17, 15) is 9.59 Å². The van der Waals surface area contributed by atoms with E-state index >= 15 is 0 Å². The fourth-order valence-corrected chi connectivity index (χ4v) is 2.65. The predicted molar refractivity (Wildman–Crippen MR) is 93.0 cm³/mol. The number of amides is 1. The van der Waals surface area contributed by atoms with Crippen LogP contribution in [0.2, 0.25) is 0 Å². The molecular weight excluding hydrogens is 306 g/mol. The summed E-state index contributed by atoms with van der Waals surface area (Å²) in [5.41, 5.74) is 1.18. The van der Waals surface area contributed by atoms with E-state index < -0.39 is 5.97 Å². The molecule has 0 aromatic heterocycles. The van der Waals surface area contributed by atoms with Gasteiger partial charge >= 0.3 is 5.97 Å². The molecule has 0 saturated carbocycles. The van der Waals surface area contributed by atoms with E-state index in [1.165, 1.54) is 28.3 Å². The molecule has 5 heteroatoms. The quantitative estimate of drug-likeness (QED) is 0.768. The lowest BCUT2D eigenvalue weighted by molar-refractivity contribution is -0.144. The third-order valence-corrected chi connectivity index (χ3v) is 3.91. The fourth-order valence-electron chi connectivity index (χ4n) is 2.65. The number of aryl methyl sites for hydroxylation is 1. The Morgan fingerprint density at radius 2 is 1.88 bits per heavy atom. The number of benzene rings is 2. The number of methoxy groups -OCH3 is 1. The van der Waals surface area contributed by atoms with Gasteiger partial charge in [0.05, 0.1) is 6.61 Å². The van der Waals surface area contributed by atoms with E-state index in [2.05, 4.69) is 30.3 Å². The molecule has 0 unspecified atom stereocenters. The molecule has 0 radical (unpaired) electrons. The SMILES string of the molecule is COCCN(CC(=O)O)C(=O)CCCc1ccc2ccccc2c1. The molecule has 2 rings (SSSR count). The Labute approximate surface area is 141 Å². The molecule has 2 aromatic rings. The van der Waals surface area contributed by atoms with Crippen LogP contribution >= 0.6 is 0 Å². The molecule has 0 aliphatic rings. The van der Waals surface area contributed by atoms with E-state index in [4.69, 9.17) is 9.84 Å². The second-order valence-corrected chi connectivity index (χ2v) is 5.74. The highest BCUT2D eigenvalue weighted by molar-refractivity contribution is 5.83. The molecule has 2 aromatic carbocycles. The van der Waals surface area contributed by atoms with Gasteiger partial charge in [0.25, 0.3) is 0 Å². The standard InChI is InChI=1S/C19H23NO4/c1-24-12-11-20(14-19(22)23)18(21)8-4-5-15-9-10-16-6-2-3-7-17(16)13-15/h2-3,6-7,9-10,13H,4-5,8,11-12,14H2,1H3,(H,22,23). The van der Waals surface area contributed by atoms with Crippen LogP contribution in [-0.2, 0) is 20.7 Å². The van der Waals surface area contributed by atoms with Crippen molar-refractivity contribution in [1.29, 1.82) is 0 Å². The number of nitrogens with zero attached hydrogens (tertiary/aromatic N) is 1. The summed E-state index contributed by atoms with van der Waals surface area (Å²) in [5, 5.41) is 11.3. The predicted octanol–water partition coefficient (Wildman–Crippen LogP) is 2.72. The van der Waals surface area contributed by atoms with Gasteiger partial charge in [-0.1, -0.05) is 42.5 Å². The van der Waals surface area contributed by atoms with Crippen molar-refractivity contribution in [2.45, 2.75) is 19.3 Å². The van der Waals surface area contributed by atoms with Gasteiger partial charge in [0.1, 0.15) is 6.54 Å². The second kappa shape index (κ2) is 9.03. The summed E-state index contributed by atoms with van der Waals surface area (Å²) < 4.78 is 4.93. The molecule has 0 heterocycles. The van der Waals surface area contributed by atoms with Crippen LogP contribution in [0.4, 0.5) is 0 Å². The first-order chi connectivity index (χ1) is 11.6. The van der Waals surface area contributed by atoms with E-state index in [-0.39, 0.29) is 12.5 Å². The molecule has 0 fully saturated rings. The third-order valence-electron chi connectivity index (χ3n) is 3.91. The zero-order valence-electron chi connectivity index (χ0n) is 13.9. The van der Waals surface area contributed by atoms with E-state index in [1.54, 1.807) is 0 Å². The van der Waals surface area contributed by atoms with Crippen LogP contribution < -0.4 is 0 Å². The van der Waals surface area contributed by atoms with Crippen LogP contribution in [-0.4, -0.2) is 48.7 Å². The number of ether oxygens (including phenoxy) is 1. The van der Waals surface area contributed by atoms with Gasteiger partial charge in [-0.2, -0.15) is 0 Å². The van der Waals surface area contributed by atoms with E-state index in [0.29, 0.717) is 26.0 Å². The van der Waals surface area contributed by atoms with Gasteiger partial charge in [-0.05, 0) is 29.2 Å². The second-order valence-electron chi connectivity index (χ2n) is 5.74. The normalized spacial score (nSPS) is 10.7. The topological polar surface area (TPSA) is 66.8 Å². The van der Waals surface area contributed by atoms with Crippen molar-refractivity contribution in [2.75, 3.05) is 26.8 Å². The zero-order valence-corrected chi connectivity index (χ0v) is 13.9. The first kappa shape index (κ1) is 17.9. The lowest BCUT2D eigenvalue weighted by atomic mass is 10.0. The molecule has 0 aliphatic carbocycles. The number of rotatable bonds is 9. The number of carboxylic acid groups (broad SMARTS) is 1. The summed E-state index contributed by atoms with van der Waals surface area (Å²) in [7, 11) is 1.53. The molecular formula is C19H23NO4. The van der Waals surface area contributed by atoms with Crippen molar-refractivity contribution in [1.82, 2.24) is 4.90 Å². The molecule has 0 spiro atoms. The van der Waals surface area contributed by atoms with Crippen LogP contribution in [0.1, 0.15) is 18.4 Å². The summed E-state index contributed by atoms with van der Waals surface area (Å²) >= 11 is 0. The van der Waals surface area contributed by atoms with Gasteiger partial charge in [-0.25, -0.2) is 0 Å². The Hall–Kier alpha value is -2.40. The molecule has 0 bridgehead atoms. The van der Waals surface area contributed by atoms with Crippen molar-refractivity contribution in [3.8, 4) is 0 Å². The molecule has 128 valence electrons. The molecule has 0 aliphatic heterocycles.